The number of benzene rings is 1. The Labute approximate surface area is 176 Å². The van der Waals surface area contributed by atoms with Gasteiger partial charge in [-0.3, -0.25) is 9.67 Å². The minimum absolute atomic E-state index is 0. The highest BCUT2D eigenvalue weighted by molar-refractivity contribution is 14.0. The van der Waals surface area contributed by atoms with E-state index in [0.29, 0.717) is 0 Å². The molecule has 0 aliphatic heterocycles. The van der Waals surface area contributed by atoms with Crippen molar-refractivity contribution in [1.29, 1.82) is 0 Å². The number of nitrogens with one attached hydrogen (secondary N) is 2. The van der Waals surface area contributed by atoms with E-state index in [2.05, 4.69) is 54.5 Å². The Bertz CT molecular complexity index is 797. The van der Waals surface area contributed by atoms with Gasteiger partial charge in [0.25, 0.3) is 0 Å². The fraction of sp³-hybridized carbons (Fsp3) is 0.316. The Kier molecular flexibility index (Phi) is 8.82. The van der Waals surface area contributed by atoms with Crippen molar-refractivity contribution in [3.63, 3.8) is 0 Å². The van der Waals surface area contributed by atoms with Gasteiger partial charge >= 0.3 is 0 Å². The van der Waals surface area contributed by atoms with Crippen molar-refractivity contribution in [1.82, 2.24) is 30.0 Å². The van der Waals surface area contributed by atoms with Crippen LogP contribution in [-0.2, 0) is 19.6 Å². The molecular weight excluding hydrogens is 453 g/mol. The van der Waals surface area contributed by atoms with Crippen molar-refractivity contribution >= 4 is 29.9 Å². The molecule has 0 aliphatic rings. The topological polar surface area (TPSA) is 72.1 Å². The van der Waals surface area contributed by atoms with E-state index in [1.165, 1.54) is 11.1 Å². The number of imidazole rings is 1. The predicted octanol–water partition coefficient (Wildman–Crippen LogP) is 2.50. The lowest BCUT2D eigenvalue weighted by Crippen LogP contribution is -2.37. The van der Waals surface area contributed by atoms with E-state index in [9.17, 15) is 0 Å². The second kappa shape index (κ2) is 11.4. The third-order valence-corrected chi connectivity index (χ3v) is 4.01. The Morgan fingerprint density at radius 1 is 1.11 bits per heavy atom. The van der Waals surface area contributed by atoms with Gasteiger partial charge in [-0.25, -0.2) is 4.98 Å². The monoisotopic (exact) mass is 479 g/mol. The molecule has 3 rings (SSSR count). The molecule has 7 nitrogen and oxygen atoms in total. The first kappa shape index (κ1) is 20.9. The summed E-state index contributed by atoms with van der Waals surface area (Å²) < 4.78 is 4.00. The maximum atomic E-state index is 4.28. The summed E-state index contributed by atoms with van der Waals surface area (Å²) in [6.07, 6.45) is 10.4. The number of nitrogens with zero attached hydrogens (tertiary/aromatic N) is 5. The number of aliphatic imine (C=N–C) groups is 1. The second-order valence-corrected chi connectivity index (χ2v) is 6.03. The van der Waals surface area contributed by atoms with Crippen molar-refractivity contribution in [2.75, 3.05) is 13.6 Å². The Morgan fingerprint density at radius 3 is 2.74 bits per heavy atom. The molecule has 0 aliphatic carbocycles. The van der Waals surface area contributed by atoms with Crippen LogP contribution in [0.5, 0.6) is 0 Å². The molecule has 0 saturated heterocycles. The first-order chi connectivity index (χ1) is 12.8. The van der Waals surface area contributed by atoms with Crippen LogP contribution in [0.25, 0.3) is 0 Å². The molecule has 0 fully saturated rings. The van der Waals surface area contributed by atoms with Crippen LogP contribution >= 0.6 is 24.0 Å². The highest BCUT2D eigenvalue weighted by Gasteiger charge is 2.01. The standard InChI is InChI=1S/C19H25N7.HI/c1-20-19(22-7-3-10-26-11-4-8-24-26)23-14-17-5-2-6-18(13-17)15-25-12-9-21-16-25;/h2,4-6,8-9,11-13,16H,3,7,10,14-15H2,1H3,(H2,20,22,23);1H. The van der Waals surface area contributed by atoms with Crippen LogP contribution in [0.2, 0.25) is 0 Å². The fourth-order valence-electron chi connectivity index (χ4n) is 2.72. The van der Waals surface area contributed by atoms with Gasteiger partial charge in [-0.05, 0) is 23.6 Å². The number of aromatic nitrogens is 4. The molecule has 0 unspecified atom stereocenters. The first-order valence-corrected chi connectivity index (χ1v) is 8.79. The zero-order valence-corrected chi connectivity index (χ0v) is 17.8. The van der Waals surface area contributed by atoms with Crippen LogP contribution < -0.4 is 10.6 Å². The van der Waals surface area contributed by atoms with Crippen molar-refractivity contribution < 1.29 is 0 Å². The lowest BCUT2D eigenvalue weighted by molar-refractivity contribution is 0.570. The van der Waals surface area contributed by atoms with Crippen LogP contribution in [0.4, 0.5) is 0 Å². The third-order valence-electron chi connectivity index (χ3n) is 4.01. The van der Waals surface area contributed by atoms with Gasteiger partial charge in [-0.2, -0.15) is 5.10 Å². The lowest BCUT2D eigenvalue weighted by Gasteiger charge is -2.13. The van der Waals surface area contributed by atoms with E-state index in [1.807, 2.05) is 29.5 Å². The molecule has 144 valence electrons. The molecule has 0 bridgehead atoms. The van der Waals surface area contributed by atoms with Crippen LogP contribution in [0.3, 0.4) is 0 Å². The van der Waals surface area contributed by atoms with E-state index in [4.69, 9.17) is 0 Å². The molecular formula is C19H26IN7. The zero-order chi connectivity index (χ0) is 18.0. The van der Waals surface area contributed by atoms with Gasteiger partial charge in [-0.15, -0.1) is 24.0 Å². The number of guanidine groups is 1. The third kappa shape index (κ3) is 7.05. The first-order valence-electron chi connectivity index (χ1n) is 8.79. The molecule has 0 radical (unpaired) electrons. The summed E-state index contributed by atoms with van der Waals surface area (Å²) in [5.41, 5.74) is 2.48. The van der Waals surface area contributed by atoms with E-state index >= 15 is 0 Å². The van der Waals surface area contributed by atoms with Crippen LogP contribution in [-0.4, -0.2) is 38.9 Å². The van der Waals surface area contributed by atoms with Crippen LogP contribution in [0.1, 0.15) is 17.5 Å². The molecule has 27 heavy (non-hydrogen) atoms. The molecule has 0 amide bonds. The molecule has 0 saturated carbocycles. The Hall–Kier alpha value is -2.36. The average molecular weight is 479 g/mol. The fourth-order valence-corrected chi connectivity index (χ4v) is 2.72. The number of hydrogen-bond donors (Lipinski definition) is 2. The lowest BCUT2D eigenvalue weighted by atomic mass is 10.1. The summed E-state index contributed by atoms with van der Waals surface area (Å²) >= 11 is 0. The normalized spacial score (nSPS) is 11.1. The van der Waals surface area contributed by atoms with Crippen LogP contribution in [0.15, 0.2) is 66.4 Å². The molecule has 0 spiro atoms. The molecule has 2 aromatic heterocycles. The van der Waals surface area contributed by atoms with Gasteiger partial charge < -0.3 is 15.2 Å². The summed E-state index contributed by atoms with van der Waals surface area (Å²) in [6.45, 7) is 3.30. The molecule has 8 heteroatoms. The molecule has 2 N–H and O–H groups in total. The summed E-state index contributed by atoms with van der Waals surface area (Å²) in [5.74, 6) is 0.811. The van der Waals surface area contributed by atoms with Crippen molar-refractivity contribution in [3.8, 4) is 0 Å². The summed E-state index contributed by atoms with van der Waals surface area (Å²) in [4.78, 5) is 8.36. The Morgan fingerprint density at radius 2 is 2.00 bits per heavy atom. The van der Waals surface area contributed by atoms with Gasteiger partial charge in [0.15, 0.2) is 5.96 Å². The SMILES string of the molecule is CN=C(NCCCn1cccn1)NCc1cccc(Cn2ccnc2)c1.I. The van der Waals surface area contributed by atoms with Gasteiger partial charge in [0, 0.05) is 58.0 Å². The highest BCUT2D eigenvalue weighted by atomic mass is 127. The zero-order valence-electron chi connectivity index (χ0n) is 15.5. The maximum absolute atomic E-state index is 4.28. The van der Waals surface area contributed by atoms with Gasteiger partial charge in [0.05, 0.1) is 6.33 Å². The minimum Gasteiger partial charge on any atom is -0.356 e. The highest BCUT2D eigenvalue weighted by Crippen LogP contribution is 2.07. The predicted molar refractivity (Wildman–Crippen MR) is 118 cm³/mol. The van der Waals surface area contributed by atoms with Crippen molar-refractivity contribution in [3.05, 3.63) is 72.6 Å². The van der Waals surface area contributed by atoms with Gasteiger partial charge in [0.1, 0.15) is 0 Å². The van der Waals surface area contributed by atoms with Crippen molar-refractivity contribution in [2.24, 2.45) is 4.99 Å². The van der Waals surface area contributed by atoms with Gasteiger partial charge in [0.2, 0.25) is 0 Å². The van der Waals surface area contributed by atoms with E-state index in [1.54, 1.807) is 19.4 Å². The summed E-state index contributed by atoms with van der Waals surface area (Å²) in [5, 5.41) is 10.9. The van der Waals surface area contributed by atoms with E-state index in [0.717, 1.165) is 38.6 Å². The number of hydrogen-bond acceptors (Lipinski definition) is 3. The molecule has 2 heterocycles. The molecule has 3 aromatic rings. The summed E-state index contributed by atoms with van der Waals surface area (Å²) in [7, 11) is 1.79. The maximum Gasteiger partial charge on any atom is 0.191 e. The number of halogens is 1. The Balaban J connectivity index is 0.00000261. The van der Waals surface area contributed by atoms with Crippen molar-refractivity contribution in [2.45, 2.75) is 26.1 Å². The smallest absolute Gasteiger partial charge is 0.191 e. The largest absolute Gasteiger partial charge is 0.356 e. The van der Waals surface area contributed by atoms with Crippen LogP contribution in [0, 0.1) is 0 Å². The molecule has 0 atom stereocenters. The van der Waals surface area contributed by atoms with E-state index in [-0.39, 0.29) is 24.0 Å². The van der Waals surface area contributed by atoms with Gasteiger partial charge in [-0.1, -0.05) is 24.3 Å². The van der Waals surface area contributed by atoms with E-state index < -0.39 is 0 Å². The number of rotatable bonds is 8. The number of aryl methyl sites for hydroxylation is 1. The summed E-state index contributed by atoms with van der Waals surface area (Å²) in [6, 6.07) is 10.5. The average Bonchev–Trinajstić information content (AvgIpc) is 3.35. The second-order valence-electron chi connectivity index (χ2n) is 6.03. The minimum atomic E-state index is 0. The quantitative estimate of drug-likeness (QED) is 0.226. The molecule has 1 aromatic carbocycles.